The number of ether oxygens (including phenoxy) is 1. The number of benzene rings is 4. The molecule has 0 amide bonds. The molecular formula is C25H15BrF4O. The molecule has 4 aromatic carbocycles. The average Bonchev–Trinajstić information content (AvgIpc) is 2.80. The molecule has 0 spiro atoms. The fraction of sp³-hybridized carbons (Fsp3) is 0.0400. The Morgan fingerprint density at radius 1 is 0.581 bits per heavy atom. The molecule has 0 radical (unpaired) electrons. The van der Waals surface area contributed by atoms with Crippen LogP contribution >= 0.6 is 15.9 Å². The van der Waals surface area contributed by atoms with E-state index in [-0.39, 0.29) is 28.0 Å². The van der Waals surface area contributed by atoms with E-state index < -0.39 is 23.3 Å². The quantitative estimate of drug-likeness (QED) is 0.205. The third kappa shape index (κ3) is 4.35. The van der Waals surface area contributed by atoms with Crippen LogP contribution in [0.1, 0.15) is 5.56 Å². The largest absolute Gasteiger partial charge is 0.486 e. The molecule has 0 unspecified atom stereocenters. The molecule has 0 aromatic heterocycles. The van der Waals surface area contributed by atoms with E-state index in [4.69, 9.17) is 4.74 Å². The summed E-state index contributed by atoms with van der Waals surface area (Å²) in [6, 6.07) is 20.9. The van der Waals surface area contributed by atoms with E-state index in [1.807, 2.05) is 30.3 Å². The molecule has 4 rings (SSSR count). The predicted octanol–water partition coefficient (Wildman–Crippen LogP) is 7.92. The molecule has 31 heavy (non-hydrogen) atoms. The fourth-order valence-corrected chi connectivity index (χ4v) is 3.49. The minimum absolute atomic E-state index is 0.0255. The third-order valence-electron chi connectivity index (χ3n) is 4.83. The maximum atomic E-state index is 14.7. The lowest BCUT2D eigenvalue weighted by Gasteiger charge is -2.11. The van der Waals surface area contributed by atoms with Crippen molar-refractivity contribution in [1.29, 1.82) is 0 Å². The molecule has 6 heteroatoms. The first kappa shape index (κ1) is 21.1. The highest BCUT2D eigenvalue weighted by molar-refractivity contribution is 9.10. The first-order chi connectivity index (χ1) is 15.0. The second kappa shape index (κ2) is 8.94. The van der Waals surface area contributed by atoms with Gasteiger partial charge in [0, 0.05) is 11.1 Å². The van der Waals surface area contributed by atoms with Gasteiger partial charge in [-0.3, -0.25) is 0 Å². The van der Waals surface area contributed by atoms with E-state index in [0.717, 1.165) is 5.56 Å². The summed E-state index contributed by atoms with van der Waals surface area (Å²) in [6.07, 6.45) is 0. The fourth-order valence-electron chi connectivity index (χ4n) is 3.18. The minimum atomic E-state index is -1.08. The molecule has 0 saturated carbocycles. The van der Waals surface area contributed by atoms with Gasteiger partial charge in [-0.2, -0.15) is 4.39 Å². The zero-order valence-corrected chi connectivity index (χ0v) is 17.6. The standard InChI is InChI=1S/C25H15BrF4O/c26-20-12-10-18(22(27)24(20)29)16-6-8-17(9-7-16)19-11-13-21(25(30)23(19)28)31-14-15-4-2-1-3-5-15/h1-13H,14H2. The second-order valence-electron chi connectivity index (χ2n) is 6.81. The van der Waals surface area contributed by atoms with Gasteiger partial charge in [-0.15, -0.1) is 0 Å². The van der Waals surface area contributed by atoms with Gasteiger partial charge in [0.15, 0.2) is 23.2 Å². The van der Waals surface area contributed by atoms with Crippen LogP contribution in [0.15, 0.2) is 83.3 Å². The summed E-state index contributed by atoms with van der Waals surface area (Å²) in [5.74, 6) is -4.29. The van der Waals surface area contributed by atoms with Crippen LogP contribution in [0.5, 0.6) is 5.75 Å². The molecule has 0 aliphatic rings. The Bertz CT molecular complexity index is 1220. The average molecular weight is 487 g/mol. The van der Waals surface area contributed by atoms with Crippen LogP contribution in [0.3, 0.4) is 0 Å². The Hall–Kier alpha value is -3.12. The number of rotatable bonds is 5. The van der Waals surface area contributed by atoms with Gasteiger partial charge >= 0.3 is 0 Å². The van der Waals surface area contributed by atoms with Crippen molar-refractivity contribution in [1.82, 2.24) is 0 Å². The van der Waals surface area contributed by atoms with Gasteiger partial charge < -0.3 is 4.74 Å². The highest BCUT2D eigenvalue weighted by atomic mass is 79.9. The molecule has 4 aromatic rings. The molecule has 0 fully saturated rings. The van der Waals surface area contributed by atoms with E-state index in [1.165, 1.54) is 48.5 Å². The lowest BCUT2D eigenvalue weighted by atomic mass is 9.99. The van der Waals surface area contributed by atoms with Gasteiger partial charge in [0.05, 0.1) is 4.47 Å². The van der Waals surface area contributed by atoms with Crippen LogP contribution in [-0.2, 0) is 6.61 Å². The van der Waals surface area contributed by atoms with Crippen LogP contribution < -0.4 is 4.74 Å². The first-order valence-electron chi connectivity index (χ1n) is 9.34. The summed E-state index contributed by atoms with van der Waals surface area (Å²) in [5, 5.41) is 0. The second-order valence-corrected chi connectivity index (χ2v) is 7.67. The summed E-state index contributed by atoms with van der Waals surface area (Å²) >= 11 is 2.94. The Morgan fingerprint density at radius 2 is 1.13 bits per heavy atom. The zero-order chi connectivity index (χ0) is 22.0. The van der Waals surface area contributed by atoms with E-state index in [1.54, 1.807) is 0 Å². The van der Waals surface area contributed by atoms with Crippen molar-refractivity contribution in [3.05, 3.63) is 112 Å². The molecular weight excluding hydrogens is 472 g/mol. The molecule has 0 saturated heterocycles. The maximum absolute atomic E-state index is 14.7. The van der Waals surface area contributed by atoms with Gasteiger partial charge in [-0.1, -0.05) is 60.7 Å². The summed E-state index contributed by atoms with van der Waals surface area (Å²) in [4.78, 5) is 0. The molecule has 156 valence electrons. The Balaban J connectivity index is 1.58. The molecule has 0 aliphatic heterocycles. The van der Waals surface area contributed by atoms with Crippen LogP contribution in [0, 0.1) is 23.3 Å². The lowest BCUT2D eigenvalue weighted by Crippen LogP contribution is -2.00. The van der Waals surface area contributed by atoms with Gasteiger partial charge in [-0.25, -0.2) is 13.2 Å². The topological polar surface area (TPSA) is 9.23 Å². The first-order valence-corrected chi connectivity index (χ1v) is 10.1. The number of hydrogen-bond donors (Lipinski definition) is 0. The van der Waals surface area contributed by atoms with E-state index in [9.17, 15) is 17.6 Å². The van der Waals surface area contributed by atoms with Gasteiger partial charge in [-0.05, 0) is 50.8 Å². The summed E-state index contributed by atoms with van der Waals surface area (Å²) in [6.45, 7) is 0.112. The Morgan fingerprint density at radius 3 is 1.74 bits per heavy atom. The van der Waals surface area contributed by atoms with Crippen molar-refractivity contribution < 1.29 is 22.3 Å². The summed E-state index contributed by atoms with van der Waals surface area (Å²) in [7, 11) is 0. The van der Waals surface area contributed by atoms with Crippen molar-refractivity contribution >= 4 is 15.9 Å². The van der Waals surface area contributed by atoms with Crippen LogP contribution in [-0.4, -0.2) is 0 Å². The molecule has 0 heterocycles. The highest BCUT2D eigenvalue weighted by Gasteiger charge is 2.17. The Kier molecular flexibility index (Phi) is 6.09. The molecule has 0 atom stereocenters. The van der Waals surface area contributed by atoms with E-state index >= 15 is 0 Å². The molecule has 0 bridgehead atoms. The number of hydrogen-bond acceptors (Lipinski definition) is 1. The van der Waals surface area contributed by atoms with Gasteiger partial charge in [0.2, 0.25) is 5.82 Å². The van der Waals surface area contributed by atoms with Crippen molar-refractivity contribution in [3.8, 4) is 28.0 Å². The monoisotopic (exact) mass is 486 g/mol. The molecule has 1 nitrogen and oxygen atoms in total. The summed E-state index contributed by atoms with van der Waals surface area (Å²) in [5.41, 5.74) is 1.75. The smallest absolute Gasteiger partial charge is 0.201 e. The van der Waals surface area contributed by atoms with Crippen molar-refractivity contribution in [3.63, 3.8) is 0 Å². The summed E-state index contributed by atoms with van der Waals surface area (Å²) < 4.78 is 62.7. The molecule has 0 N–H and O–H groups in total. The van der Waals surface area contributed by atoms with Gasteiger partial charge in [0.25, 0.3) is 0 Å². The normalized spacial score (nSPS) is 10.9. The Labute approximate surface area is 185 Å². The highest BCUT2D eigenvalue weighted by Crippen LogP contribution is 2.33. The number of halogens is 5. The lowest BCUT2D eigenvalue weighted by molar-refractivity contribution is 0.285. The van der Waals surface area contributed by atoms with Crippen LogP contribution in [0.4, 0.5) is 17.6 Å². The van der Waals surface area contributed by atoms with Crippen molar-refractivity contribution in [2.75, 3.05) is 0 Å². The van der Waals surface area contributed by atoms with E-state index in [0.29, 0.717) is 11.1 Å². The van der Waals surface area contributed by atoms with Gasteiger partial charge in [0.1, 0.15) is 6.61 Å². The maximum Gasteiger partial charge on any atom is 0.201 e. The predicted molar refractivity (Wildman–Crippen MR) is 116 cm³/mol. The van der Waals surface area contributed by atoms with Crippen molar-refractivity contribution in [2.24, 2.45) is 0 Å². The van der Waals surface area contributed by atoms with Crippen molar-refractivity contribution in [2.45, 2.75) is 6.61 Å². The molecule has 0 aliphatic carbocycles. The van der Waals surface area contributed by atoms with E-state index in [2.05, 4.69) is 15.9 Å². The zero-order valence-electron chi connectivity index (χ0n) is 16.0. The van der Waals surface area contributed by atoms with Crippen LogP contribution in [0.2, 0.25) is 0 Å². The SMILES string of the molecule is Fc1c(Br)ccc(-c2ccc(-c3ccc(OCc4ccccc4)c(F)c3F)cc2)c1F. The minimum Gasteiger partial charge on any atom is -0.486 e. The third-order valence-corrected chi connectivity index (χ3v) is 5.44. The van der Waals surface area contributed by atoms with Crippen LogP contribution in [0.25, 0.3) is 22.3 Å².